The van der Waals surface area contributed by atoms with Crippen LogP contribution in [0.25, 0.3) is 6.08 Å². The quantitative estimate of drug-likeness (QED) is 0.725. The Morgan fingerprint density at radius 2 is 2.12 bits per heavy atom. The van der Waals surface area contributed by atoms with E-state index in [1.54, 1.807) is 19.2 Å². The number of carbonyl (C=O) groups is 2. The van der Waals surface area contributed by atoms with Crippen LogP contribution < -0.4 is 0 Å². The molecule has 0 saturated heterocycles. The van der Waals surface area contributed by atoms with Crippen molar-refractivity contribution in [2.45, 2.75) is 6.42 Å². The van der Waals surface area contributed by atoms with Gasteiger partial charge in [-0.3, -0.25) is 9.48 Å². The monoisotopic (exact) mass is 238 g/mol. The molecule has 0 unspecified atom stereocenters. The highest BCUT2D eigenvalue weighted by molar-refractivity contribution is 5.91. The van der Waals surface area contributed by atoms with E-state index < -0.39 is 5.97 Å². The summed E-state index contributed by atoms with van der Waals surface area (Å²) in [4.78, 5) is 22.4. The first kappa shape index (κ1) is 13.0. The summed E-state index contributed by atoms with van der Waals surface area (Å²) in [6, 6.07) is 0. The molecule has 0 bridgehead atoms. The fraction of sp³-hybridized carbons (Fsp3) is 0.364. The third kappa shape index (κ3) is 3.17. The van der Waals surface area contributed by atoms with Crippen molar-refractivity contribution in [1.82, 2.24) is 9.78 Å². The summed E-state index contributed by atoms with van der Waals surface area (Å²) >= 11 is 0. The summed E-state index contributed by atoms with van der Waals surface area (Å²) < 4.78 is 10.5. The van der Waals surface area contributed by atoms with Gasteiger partial charge in [0.15, 0.2) is 5.69 Å². The van der Waals surface area contributed by atoms with Crippen molar-refractivity contribution in [1.29, 1.82) is 0 Å². The Labute approximate surface area is 98.8 Å². The van der Waals surface area contributed by atoms with Gasteiger partial charge in [-0.05, 0) is 0 Å². The zero-order valence-electron chi connectivity index (χ0n) is 9.97. The Balaban J connectivity index is 2.85. The number of aryl methyl sites for hydroxylation is 1. The van der Waals surface area contributed by atoms with E-state index in [4.69, 9.17) is 0 Å². The highest BCUT2D eigenvalue weighted by atomic mass is 16.5. The molecule has 1 aromatic heterocycles. The normalized spacial score (nSPS) is 10.5. The zero-order valence-corrected chi connectivity index (χ0v) is 9.97. The molecular formula is C11H14N2O4. The Morgan fingerprint density at radius 3 is 2.71 bits per heavy atom. The van der Waals surface area contributed by atoms with Crippen LogP contribution in [0.3, 0.4) is 0 Å². The molecule has 0 N–H and O–H groups in total. The number of rotatable bonds is 4. The predicted molar refractivity (Wildman–Crippen MR) is 60.2 cm³/mol. The number of hydrogen-bond acceptors (Lipinski definition) is 5. The molecule has 0 aliphatic carbocycles. The molecule has 0 aliphatic rings. The van der Waals surface area contributed by atoms with Crippen molar-refractivity contribution < 1.29 is 19.1 Å². The van der Waals surface area contributed by atoms with Crippen molar-refractivity contribution >= 4 is 18.0 Å². The maximum absolute atomic E-state index is 11.5. The first-order valence-electron chi connectivity index (χ1n) is 4.93. The summed E-state index contributed by atoms with van der Waals surface area (Å²) in [5.74, 6) is -0.813. The first-order chi connectivity index (χ1) is 8.10. The van der Waals surface area contributed by atoms with Gasteiger partial charge in [0.05, 0.1) is 26.8 Å². The number of esters is 2. The fourth-order valence-corrected chi connectivity index (χ4v) is 1.29. The number of carbonyl (C=O) groups excluding carboxylic acids is 2. The molecule has 1 heterocycles. The molecule has 6 heteroatoms. The van der Waals surface area contributed by atoms with Gasteiger partial charge in [0.1, 0.15) is 0 Å². The summed E-state index contributed by atoms with van der Waals surface area (Å²) in [6.45, 7) is 0. The van der Waals surface area contributed by atoms with Gasteiger partial charge in [-0.15, -0.1) is 0 Å². The van der Waals surface area contributed by atoms with Crippen molar-refractivity contribution in [2.24, 2.45) is 7.05 Å². The lowest BCUT2D eigenvalue weighted by Crippen LogP contribution is -2.09. The van der Waals surface area contributed by atoms with Crippen LogP contribution in [-0.2, 0) is 21.3 Å². The highest BCUT2D eigenvalue weighted by Gasteiger charge is 2.15. The van der Waals surface area contributed by atoms with Crippen LogP contribution >= 0.6 is 0 Å². The Hall–Kier alpha value is -2.11. The Kier molecular flexibility index (Phi) is 4.45. The zero-order chi connectivity index (χ0) is 12.8. The molecule has 0 spiro atoms. The van der Waals surface area contributed by atoms with Crippen LogP contribution in [0.2, 0.25) is 0 Å². The second kappa shape index (κ2) is 5.83. The minimum Gasteiger partial charge on any atom is -0.469 e. The Bertz CT molecular complexity index is 448. The van der Waals surface area contributed by atoms with Crippen LogP contribution in [-0.4, -0.2) is 35.9 Å². The van der Waals surface area contributed by atoms with Gasteiger partial charge in [0.25, 0.3) is 0 Å². The van der Waals surface area contributed by atoms with E-state index in [-0.39, 0.29) is 12.4 Å². The topological polar surface area (TPSA) is 70.4 Å². The van der Waals surface area contributed by atoms with Gasteiger partial charge in [-0.2, -0.15) is 5.10 Å². The molecule has 0 aliphatic heterocycles. The molecule has 0 fully saturated rings. The van der Waals surface area contributed by atoms with E-state index in [1.807, 2.05) is 0 Å². The van der Waals surface area contributed by atoms with Gasteiger partial charge in [0.2, 0.25) is 0 Å². The van der Waals surface area contributed by atoms with Gasteiger partial charge in [-0.1, -0.05) is 12.2 Å². The molecule has 0 amide bonds. The van der Waals surface area contributed by atoms with Crippen molar-refractivity contribution in [3.63, 3.8) is 0 Å². The number of ether oxygens (including phenoxy) is 2. The lowest BCUT2D eigenvalue weighted by Gasteiger charge is -2.00. The summed E-state index contributed by atoms with van der Waals surface area (Å²) in [5.41, 5.74) is 0.942. The first-order valence-corrected chi connectivity index (χ1v) is 4.93. The largest absolute Gasteiger partial charge is 0.469 e. The third-order valence-electron chi connectivity index (χ3n) is 2.16. The van der Waals surface area contributed by atoms with Crippen molar-refractivity contribution in [3.8, 4) is 0 Å². The van der Waals surface area contributed by atoms with Crippen LogP contribution in [0.15, 0.2) is 12.3 Å². The van der Waals surface area contributed by atoms with E-state index in [1.165, 1.54) is 25.1 Å². The minimum absolute atomic E-state index is 0.145. The second-order valence-corrected chi connectivity index (χ2v) is 3.25. The molecule has 92 valence electrons. The maximum atomic E-state index is 11.5. The average molecular weight is 238 g/mol. The van der Waals surface area contributed by atoms with Crippen LogP contribution in [0, 0.1) is 0 Å². The lowest BCUT2D eigenvalue weighted by molar-refractivity contribution is -0.139. The molecule has 0 radical (unpaired) electrons. The van der Waals surface area contributed by atoms with E-state index in [0.29, 0.717) is 11.3 Å². The van der Waals surface area contributed by atoms with Gasteiger partial charge >= 0.3 is 11.9 Å². The van der Waals surface area contributed by atoms with Crippen LogP contribution in [0.5, 0.6) is 0 Å². The van der Waals surface area contributed by atoms with Gasteiger partial charge in [-0.25, -0.2) is 4.79 Å². The molecule has 1 aromatic rings. The molecule has 0 aromatic carbocycles. The van der Waals surface area contributed by atoms with Gasteiger partial charge in [0, 0.05) is 12.6 Å². The van der Waals surface area contributed by atoms with E-state index in [2.05, 4.69) is 14.6 Å². The van der Waals surface area contributed by atoms with Crippen molar-refractivity contribution in [3.05, 3.63) is 23.5 Å². The van der Waals surface area contributed by atoms with Gasteiger partial charge < -0.3 is 9.47 Å². The van der Waals surface area contributed by atoms with E-state index in [9.17, 15) is 9.59 Å². The fourth-order valence-electron chi connectivity index (χ4n) is 1.29. The molecule has 0 saturated carbocycles. The lowest BCUT2D eigenvalue weighted by atomic mass is 10.2. The Morgan fingerprint density at radius 1 is 1.41 bits per heavy atom. The SMILES string of the molecule is COC(=O)CC=Cc1cnn(C)c1C(=O)OC. The van der Waals surface area contributed by atoms with Crippen molar-refractivity contribution in [2.75, 3.05) is 14.2 Å². The molecule has 0 atom stereocenters. The van der Waals surface area contributed by atoms with Crippen LogP contribution in [0.4, 0.5) is 0 Å². The molecular weight excluding hydrogens is 224 g/mol. The number of nitrogens with zero attached hydrogens (tertiary/aromatic N) is 2. The molecule has 6 nitrogen and oxygen atoms in total. The maximum Gasteiger partial charge on any atom is 0.356 e. The molecule has 17 heavy (non-hydrogen) atoms. The number of hydrogen-bond donors (Lipinski definition) is 0. The standard InChI is InChI=1S/C11H14N2O4/c1-13-10(11(15)17-3)8(7-12-13)5-4-6-9(14)16-2/h4-5,7H,6H2,1-3H3. The van der Waals surface area contributed by atoms with E-state index >= 15 is 0 Å². The minimum atomic E-state index is -0.470. The van der Waals surface area contributed by atoms with E-state index in [0.717, 1.165) is 0 Å². The summed E-state index contributed by atoms with van der Waals surface area (Å²) in [7, 11) is 4.27. The molecule has 1 rings (SSSR count). The number of aromatic nitrogens is 2. The smallest absolute Gasteiger partial charge is 0.356 e. The summed E-state index contributed by atoms with van der Waals surface area (Å²) in [6.07, 6.45) is 4.91. The number of methoxy groups -OCH3 is 2. The predicted octanol–water partition coefficient (Wildman–Crippen LogP) is 0.783. The summed E-state index contributed by atoms with van der Waals surface area (Å²) in [5, 5.41) is 3.95. The van der Waals surface area contributed by atoms with Crippen LogP contribution in [0.1, 0.15) is 22.5 Å². The highest BCUT2D eigenvalue weighted by Crippen LogP contribution is 2.11. The average Bonchev–Trinajstić information content (AvgIpc) is 2.69. The second-order valence-electron chi connectivity index (χ2n) is 3.25. The third-order valence-corrected chi connectivity index (χ3v) is 2.16.